The number of anilines is 1. The van der Waals surface area contributed by atoms with E-state index in [9.17, 15) is 9.59 Å². The molecule has 0 aliphatic rings. The molecule has 0 unspecified atom stereocenters. The summed E-state index contributed by atoms with van der Waals surface area (Å²) < 4.78 is 15.4. The number of nitrogens with one attached hydrogen (secondary N) is 1. The minimum absolute atomic E-state index is 0.0470. The predicted octanol–water partition coefficient (Wildman–Crippen LogP) is 3.27. The smallest absolute Gasteiger partial charge is 0.414 e. The van der Waals surface area contributed by atoms with E-state index >= 15 is 0 Å². The lowest BCUT2D eigenvalue weighted by Gasteiger charge is -2.19. The van der Waals surface area contributed by atoms with E-state index in [-0.39, 0.29) is 11.4 Å². The second-order valence-corrected chi connectivity index (χ2v) is 5.78. The summed E-state index contributed by atoms with van der Waals surface area (Å²) in [6, 6.07) is 1.72. The first-order valence-electron chi connectivity index (χ1n) is 6.68. The van der Waals surface area contributed by atoms with E-state index in [4.69, 9.17) is 13.9 Å². The Bertz CT molecular complexity index is 727. The van der Waals surface area contributed by atoms with Crippen LogP contribution in [0, 0.1) is 6.92 Å². The Morgan fingerprint density at radius 1 is 1.32 bits per heavy atom. The highest BCUT2D eigenvalue weighted by Crippen LogP contribution is 2.30. The van der Waals surface area contributed by atoms with Gasteiger partial charge >= 0.3 is 12.1 Å². The minimum atomic E-state index is -0.728. The fourth-order valence-electron chi connectivity index (χ4n) is 1.85. The topological polar surface area (TPSA) is 90.7 Å². The number of pyridine rings is 1. The summed E-state index contributed by atoms with van der Waals surface area (Å²) in [4.78, 5) is 28.0. The van der Waals surface area contributed by atoms with Crippen LogP contribution in [-0.4, -0.2) is 29.8 Å². The number of methoxy groups -OCH3 is 1. The Kier molecular flexibility index (Phi) is 4.07. The van der Waals surface area contributed by atoms with E-state index in [0.29, 0.717) is 11.1 Å². The molecule has 0 spiro atoms. The third-order valence-electron chi connectivity index (χ3n) is 2.67. The zero-order chi connectivity index (χ0) is 16.5. The Balaban J connectivity index is 2.44. The number of aromatic nitrogens is 1. The quantitative estimate of drug-likeness (QED) is 0.856. The number of aryl methyl sites for hydroxylation is 1. The van der Waals surface area contributed by atoms with Gasteiger partial charge in [-0.25, -0.2) is 9.59 Å². The maximum atomic E-state index is 11.9. The molecule has 0 radical (unpaired) electrons. The highest BCUT2D eigenvalue weighted by Gasteiger charge is 2.26. The van der Waals surface area contributed by atoms with E-state index < -0.39 is 17.7 Å². The molecule has 0 aromatic carbocycles. The van der Waals surface area contributed by atoms with Crippen molar-refractivity contribution in [3.05, 3.63) is 23.4 Å². The molecule has 7 nitrogen and oxygen atoms in total. The van der Waals surface area contributed by atoms with Crippen LogP contribution in [0.3, 0.4) is 0 Å². The summed E-state index contributed by atoms with van der Waals surface area (Å²) in [5.41, 5.74) is 0.955. The molecule has 22 heavy (non-hydrogen) atoms. The number of ether oxygens (including phenoxy) is 2. The Hall–Kier alpha value is -2.57. The lowest BCUT2D eigenvalue weighted by atomic mass is 10.2. The number of carbonyl (C=O) groups excluding carboxylic acids is 2. The van der Waals surface area contributed by atoms with Gasteiger partial charge < -0.3 is 13.9 Å². The van der Waals surface area contributed by atoms with Crippen LogP contribution in [0.25, 0.3) is 11.1 Å². The summed E-state index contributed by atoms with van der Waals surface area (Å²) >= 11 is 0. The first-order chi connectivity index (χ1) is 10.2. The zero-order valence-electron chi connectivity index (χ0n) is 13.1. The monoisotopic (exact) mass is 306 g/mol. The maximum absolute atomic E-state index is 11.9. The molecule has 1 N–H and O–H groups in total. The number of rotatable bonds is 2. The van der Waals surface area contributed by atoms with E-state index in [0.717, 1.165) is 5.56 Å². The van der Waals surface area contributed by atoms with Gasteiger partial charge in [-0.15, -0.1) is 0 Å². The zero-order valence-corrected chi connectivity index (χ0v) is 13.1. The Morgan fingerprint density at radius 2 is 2.00 bits per heavy atom. The minimum Gasteiger partial charge on any atom is -0.465 e. The molecule has 7 heteroatoms. The van der Waals surface area contributed by atoms with Crippen molar-refractivity contribution in [2.24, 2.45) is 0 Å². The van der Waals surface area contributed by atoms with Gasteiger partial charge in [0, 0.05) is 6.20 Å². The molecule has 2 rings (SSSR count). The molecule has 2 aromatic heterocycles. The second-order valence-electron chi connectivity index (χ2n) is 5.78. The van der Waals surface area contributed by atoms with Gasteiger partial charge in [0.1, 0.15) is 16.7 Å². The van der Waals surface area contributed by atoms with Crippen molar-refractivity contribution in [1.82, 2.24) is 4.98 Å². The first kappa shape index (κ1) is 15.8. The lowest BCUT2D eigenvalue weighted by Crippen LogP contribution is -2.27. The van der Waals surface area contributed by atoms with Crippen LogP contribution in [0.15, 0.2) is 16.7 Å². The molecule has 1 amide bonds. The van der Waals surface area contributed by atoms with Crippen LogP contribution in [0.2, 0.25) is 0 Å². The fraction of sp³-hybridized carbons (Fsp3) is 0.400. The SMILES string of the molecule is COC(=O)c1c(NC(=O)OC(C)(C)C)oc2cc(C)cnc12. The molecule has 0 saturated carbocycles. The Morgan fingerprint density at radius 3 is 2.59 bits per heavy atom. The summed E-state index contributed by atoms with van der Waals surface area (Å²) in [5, 5.41) is 2.42. The van der Waals surface area contributed by atoms with Crippen LogP contribution in [0.4, 0.5) is 10.7 Å². The average Bonchev–Trinajstić information content (AvgIpc) is 2.72. The molecule has 2 heterocycles. The summed E-state index contributed by atoms with van der Waals surface area (Å²) in [6.45, 7) is 7.04. The van der Waals surface area contributed by atoms with Gasteiger partial charge in [-0.2, -0.15) is 0 Å². The number of carbonyl (C=O) groups is 2. The van der Waals surface area contributed by atoms with Gasteiger partial charge in [-0.1, -0.05) is 0 Å². The first-order valence-corrected chi connectivity index (χ1v) is 6.68. The summed E-state index contributed by atoms with van der Waals surface area (Å²) in [6.07, 6.45) is 0.870. The molecule has 0 fully saturated rings. The highest BCUT2D eigenvalue weighted by molar-refractivity contribution is 6.08. The third kappa shape index (κ3) is 3.36. The van der Waals surface area contributed by atoms with Crippen LogP contribution in [0.5, 0.6) is 0 Å². The molecule has 0 atom stereocenters. The Labute approximate surface area is 127 Å². The normalized spacial score (nSPS) is 11.3. The number of furan rings is 1. The number of amides is 1. The van der Waals surface area contributed by atoms with Gasteiger partial charge in [0.2, 0.25) is 5.88 Å². The van der Waals surface area contributed by atoms with Crippen LogP contribution >= 0.6 is 0 Å². The van der Waals surface area contributed by atoms with Gasteiger partial charge in [0.05, 0.1) is 7.11 Å². The van der Waals surface area contributed by atoms with Crippen molar-refractivity contribution in [2.45, 2.75) is 33.3 Å². The second kappa shape index (κ2) is 5.67. The number of nitrogens with zero attached hydrogens (tertiary/aromatic N) is 1. The molecule has 118 valence electrons. The van der Waals surface area contributed by atoms with Crippen LogP contribution < -0.4 is 5.32 Å². The molecule has 2 aromatic rings. The highest BCUT2D eigenvalue weighted by atomic mass is 16.6. The number of fused-ring (bicyclic) bond motifs is 1. The third-order valence-corrected chi connectivity index (χ3v) is 2.67. The number of hydrogen-bond donors (Lipinski definition) is 1. The van der Waals surface area contributed by atoms with Crippen molar-refractivity contribution in [3.8, 4) is 0 Å². The predicted molar refractivity (Wildman–Crippen MR) is 79.9 cm³/mol. The van der Waals surface area contributed by atoms with E-state index in [1.807, 2.05) is 6.92 Å². The largest absolute Gasteiger partial charge is 0.465 e. The number of esters is 1. The molecule has 0 aliphatic carbocycles. The van der Waals surface area contributed by atoms with Gasteiger partial charge in [-0.3, -0.25) is 10.3 Å². The van der Waals surface area contributed by atoms with E-state index in [2.05, 4.69) is 10.3 Å². The standard InChI is InChI=1S/C15H18N2O5/c1-8-6-9-11(16-7-8)10(13(18)20-5)12(21-9)17-14(19)22-15(2,3)4/h6-7H,1-5H3,(H,17,19). The van der Waals surface area contributed by atoms with Gasteiger partial charge in [-0.05, 0) is 39.3 Å². The summed E-state index contributed by atoms with van der Waals surface area (Å²) in [7, 11) is 1.24. The van der Waals surface area contributed by atoms with E-state index in [1.165, 1.54) is 7.11 Å². The van der Waals surface area contributed by atoms with Crippen molar-refractivity contribution in [3.63, 3.8) is 0 Å². The average molecular weight is 306 g/mol. The van der Waals surface area contributed by atoms with E-state index in [1.54, 1.807) is 33.0 Å². The molecular formula is C15H18N2O5. The van der Waals surface area contributed by atoms with Crippen molar-refractivity contribution in [1.29, 1.82) is 0 Å². The molecular weight excluding hydrogens is 288 g/mol. The van der Waals surface area contributed by atoms with Gasteiger partial charge in [0.25, 0.3) is 0 Å². The van der Waals surface area contributed by atoms with Crippen molar-refractivity contribution in [2.75, 3.05) is 12.4 Å². The maximum Gasteiger partial charge on any atom is 0.414 e. The molecule has 0 saturated heterocycles. The molecule has 0 aliphatic heterocycles. The summed E-state index contributed by atoms with van der Waals surface area (Å²) in [5.74, 6) is -0.699. The lowest BCUT2D eigenvalue weighted by molar-refractivity contribution is 0.0603. The van der Waals surface area contributed by atoms with Crippen LogP contribution in [0.1, 0.15) is 36.7 Å². The van der Waals surface area contributed by atoms with Crippen molar-refractivity contribution < 1.29 is 23.5 Å². The molecule has 0 bridgehead atoms. The van der Waals surface area contributed by atoms with Crippen molar-refractivity contribution >= 4 is 29.0 Å². The van der Waals surface area contributed by atoms with Crippen LogP contribution in [-0.2, 0) is 9.47 Å². The van der Waals surface area contributed by atoms with Gasteiger partial charge in [0.15, 0.2) is 5.58 Å². The fourth-order valence-corrected chi connectivity index (χ4v) is 1.85. The number of hydrogen-bond acceptors (Lipinski definition) is 6.